The molecule has 22 heavy (non-hydrogen) atoms. The lowest BCUT2D eigenvalue weighted by atomic mass is 10.1. The van der Waals surface area contributed by atoms with Crippen molar-refractivity contribution in [3.8, 4) is 17.0 Å². The molecule has 2 rings (SSSR count). The van der Waals surface area contributed by atoms with Crippen LogP contribution in [-0.2, 0) is 18.3 Å². The van der Waals surface area contributed by atoms with Gasteiger partial charge in [0.1, 0.15) is 5.75 Å². The lowest BCUT2D eigenvalue weighted by molar-refractivity contribution is -0.136. The number of hydrogen-bond donors (Lipinski definition) is 1. The molecule has 0 amide bonds. The van der Waals surface area contributed by atoms with Gasteiger partial charge in [-0.1, -0.05) is 12.1 Å². The van der Waals surface area contributed by atoms with Gasteiger partial charge in [0.2, 0.25) is 0 Å². The average Bonchev–Trinajstić information content (AvgIpc) is 2.49. The van der Waals surface area contributed by atoms with E-state index in [9.17, 15) is 9.59 Å². The molecule has 2 aromatic rings. The number of rotatable bonds is 6. The van der Waals surface area contributed by atoms with Crippen molar-refractivity contribution in [2.45, 2.75) is 19.8 Å². The standard InChI is InChI=1S/C16H18N2O4/c1-3-22-14-7-5-4-6-12(14)13-10-11(8-9-15(19)20)16(21)18(2)17-13/h4-7,10H,3,8-9H2,1-2H3,(H,19,20). The number of carboxylic acids is 1. The molecule has 1 aromatic carbocycles. The third-order valence-electron chi connectivity index (χ3n) is 3.21. The Hall–Kier alpha value is -2.63. The first-order chi connectivity index (χ1) is 10.5. The van der Waals surface area contributed by atoms with E-state index in [2.05, 4.69) is 5.10 Å². The molecule has 0 saturated carbocycles. The quantitative estimate of drug-likeness (QED) is 0.881. The molecule has 1 N–H and O–H groups in total. The van der Waals surface area contributed by atoms with Crippen LogP contribution in [0.3, 0.4) is 0 Å². The normalized spacial score (nSPS) is 10.5. The third-order valence-corrected chi connectivity index (χ3v) is 3.21. The highest BCUT2D eigenvalue weighted by Gasteiger charge is 2.12. The summed E-state index contributed by atoms with van der Waals surface area (Å²) in [5.74, 6) is -0.254. The molecule has 6 heteroatoms. The summed E-state index contributed by atoms with van der Waals surface area (Å²) in [6.45, 7) is 2.41. The van der Waals surface area contributed by atoms with Gasteiger partial charge in [0.25, 0.3) is 5.56 Å². The Bertz CT molecular complexity index is 737. The Morgan fingerprint density at radius 3 is 2.77 bits per heavy atom. The molecule has 0 bridgehead atoms. The number of ether oxygens (including phenoxy) is 1. The largest absolute Gasteiger partial charge is 0.493 e. The summed E-state index contributed by atoms with van der Waals surface area (Å²) in [4.78, 5) is 22.8. The average molecular weight is 302 g/mol. The first kappa shape index (κ1) is 15.8. The fourth-order valence-corrected chi connectivity index (χ4v) is 2.18. The molecule has 0 saturated heterocycles. The van der Waals surface area contributed by atoms with E-state index in [0.717, 1.165) is 5.56 Å². The zero-order chi connectivity index (χ0) is 16.1. The molecule has 0 spiro atoms. The minimum atomic E-state index is -0.935. The second-order valence-electron chi connectivity index (χ2n) is 4.81. The van der Waals surface area contributed by atoms with Crippen LogP contribution in [0.1, 0.15) is 18.9 Å². The Morgan fingerprint density at radius 1 is 1.36 bits per heavy atom. The SMILES string of the molecule is CCOc1ccccc1-c1cc(CCC(=O)O)c(=O)n(C)n1. The highest BCUT2D eigenvalue weighted by Crippen LogP contribution is 2.28. The predicted molar refractivity (Wildman–Crippen MR) is 82.0 cm³/mol. The lowest BCUT2D eigenvalue weighted by Gasteiger charge is -2.11. The van der Waals surface area contributed by atoms with Gasteiger partial charge in [-0.05, 0) is 31.5 Å². The number of benzene rings is 1. The van der Waals surface area contributed by atoms with E-state index in [1.54, 1.807) is 13.1 Å². The number of hydrogen-bond acceptors (Lipinski definition) is 4. The van der Waals surface area contributed by atoms with Gasteiger partial charge in [-0.3, -0.25) is 9.59 Å². The number of carboxylic acid groups (broad SMARTS) is 1. The second kappa shape index (κ2) is 6.89. The Labute approximate surface area is 128 Å². The van der Waals surface area contributed by atoms with Crippen molar-refractivity contribution in [2.75, 3.05) is 6.61 Å². The van der Waals surface area contributed by atoms with Crippen molar-refractivity contribution in [3.63, 3.8) is 0 Å². The monoisotopic (exact) mass is 302 g/mol. The van der Waals surface area contributed by atoms with E-state index < -0.39 is 5.97 Å². The summed E-state index contributed by atoms with van der Waals surface area (Å²) >= 11 is 0. The van der Waals surface area contributed by atoms with Crippen LogP contribution in [-0.4, -0.2) is 27.5 Å². The maximum absolute atomic E-state index is 12.1. The molecular formula is C16H18N2O4. The Balaban J connectivity index is 2.48. The summed E-state index contributed by atoms with van der Waals surface area (Å²) in [5.41, 5.74) is 1.52. The topological polar surface area (TPSA) is 81.4 Å². The highest BCUT2D eigenvalue weighted by molar-refractivity contribution is 5.68. The second-order valence-corrected chi connectivity index (χ2v) is 4.81. The summed E-state index contributed by atoms with van der Waals surface area (Å²) in [5, 5.41) is 13.0. The Kier molecular flexibility index (Phi) is 4.93. The van der Waals surface area contributed by atoms with Gasteiger partial charge in [-0.15, -0.1) is 0 Å². The van der Waals surface area contributed by atoms with Crippen molar-refractivity contribution >= 4 is 5.97 Å². The van der Waals surface area contributed by atoms with Crippen LogP contribution in [0, 0.1) is 0 Å². The van der Waals surface area contributed by atoms with Crippen molar-refractivity contribution < 1.29 is 14.6 Å². The first-order valence-electron chi connectivity index (χ1n) is 7.04. The fourth-order valence-electron chi connectivity index (χ4n) is 2.18. The molecule has 0 radical (unpaired) electrons. The number of aryl methyl sites for hydroxylation is 2. The number of carbonyl (C=O) groups is 1. The highest BCUT2D eigenvalue weighted by atomic mass is 16.5. The van der Waals surface area contributed by atoms with Crippen LogP contribution in [0.15, 0.2) is 35.1 Å². The van der Waals surface area contributed by atoms with E-state index in [-0.39, 0.29) is 18.4 Å². The molecule has 0 aliphatic carbocycles. The summed E-state index contributed by atoms with van der Waals surface area (Å²) in [7, 11) is 1.55. The zero-order valence-electron chi connectivity index (χ0n) is 12.6. The van der Waals surface area contributed by atoms with Crippen LogP contribution in [0.25, 0.3) is 11.3 Å². The van der Waals surface area contributed by atoms with Gasteiger partial charge in [-0.2, -0.15) is 5.10 Å². The minimum Gasteiger partial charge on any atom is -0.493 e. The molecule has 0 aliphatic rings. The summed E-state index contributed by atoms with van der Waals surface area (Å²) in [6.07, 6.45) is 0.0835. The van der Waals surface area contributed by atoms with Crippen LogP contribution in [0.4, 0.5) is 0 Å². The first-order valence-corrected chi connectivity index (χ1v) is 7.04. The lowest BCUT2D eigenvalue weighted by Crippen LogP contribution is -2.24. The molecule has 0 unspecified atom stereocenters. The smallest absolute Gasteiger partial charge is 0.303 e. The molecule has 0 fully saturated rings. The molecule has 0 atom stereocenters. The van der Waals surface area contributed by atoms with Crippen molar-refractivity contribution in [3.05, 3.63) is 46.2 Å². The van der Waals surface area contributed by atoms with Crippen LogP contribution < -0.4 is 10.3 Å². The molecule has 6 nitrogen and oxygen atoms in total. The van der Waals surface area contributed by atoms with Gasteiger partial charge >= 0.3 is 5.97 Å². The van der Waals surface area contributed by atoms with Gasteiger partial charge in [0.05, 0.1) is 12.3 Å². The van der Waals surface area contributed by atoms with E-state index >= 15 is 0 Å². The van der Waals surface area contributed by atoms with Crippen molar-refractivity contribution in [1.29, 1.82) is 0 Å². The van der Waals surface area contributed by atoms with Gasteiger partial charge in [0.15, 0.2) is 0 Å². The third kappa shape index (κ3) is 3.52. The maximum atomic E-state index is 12.1. The molecular weight excluding hydrogens is 284 g/mol. The number of aromatic nitrogens is 2. The molecule has 116 valence electrons. The summed E-state index contributed by atoms with van der Waals surface area (Å²) < 4.78 is 6.81. The number of aliphatic carboxylic acids is 1. The minimum absolute atomic E-state index is 0.0915. The van der Waals surface area contributed by atoms with Gasteiger partial charge in [0, 0.05) is 24.6 Å². The number of nitrogens with zero attached hydrogens (tertiary/aromatic N) is 2. The Morgan fingerprint density at radius 2 is 2.09 bits per heavy atom. The predicted octanol–water partition coefficient (Wildman–Crippen LogP) is 1.86. The van der Waals surface area contributed by atoms with E-state index in [4.69, 9.17) is 9.84 Å². The zero-order valence-corrected chi connectivity index (χ0v) is 12.6. The molecule has 1 aromatic heterocycles. The molecule has 0 aliphatic heterocycles. The summed E-state index contributed by atoms with van der Waals surface area (Å²) in [6, 6.07) is 9.06. The van der Waals surface area contributed by atoms with Crippen LogP contribution in [0.2, 0.25) is 0 Å². The van der Waals surface area contributed by atoms with E-state index in [1.807, 2.05) is 31.2 Å². The van der Waals surface area contributed by atoms with E-state index in [1.165, 1.54) is 4.68 Å². The maximum Gasteiger partial charge on any atom is 0.303 e. The molecule has 1 heterocycles. The van der Waals surface area contributed by atoms with Crippen molar-refractivity contribution in [1.82, 2.24) is 9.78 Å². The number of para-hydroxylation sites is 1. The van der Waals surface area contributed by atoms with Crippen LogP contribution >= 0.6 is 0 Å². The fraction of sp³-hybridized carbons (Fsp3) is 0.312. The van der Waals surface area contributed by atoms with E-state index in [0.29, 0.717) is 23.6 Å². The van der Waals surface area contributed by atoms with Gasteiger partial charge in [-0.25, -0.2) is 4.68 Å². The van der Waals surface area contributed by atoms with Crippen LogP contribution in [0.5, 0.6) is 5.75 Å². The van der Waals surface area contributed by atoms with Gasteiger partial charge < -0.3 is 9.84 Å². The van der Waals surface area contributed by atoms with Crippen molar-refractivity contribution in [2.24, 2.45) is 7.05 Å².